The van der Waals surface area contributed by atoms with E-state index in [9.17, 15) is 0 Å². The van der Waals surface area contributed by atoms with E-state index in [-0.39, 0.29) is 0 Å². The highest BCUT2D eigenvalue weighted by molar-refractivity contribution is 4.78. The van der Waals surface area contributed by atoms with Crippen molar-refractivity contribution in [3.8, 4) is 0 Å². The van der Waals surface area contributed by atoms with Crippen LogP contribution in [0.25, 0.3) is 0 Å². The molecule has 1 N–H and O–H groups in total. The number of likely N-dealkylation sites (N-methyl/N-ethyl adjacent to an activating group) is 1. The Morgan fingerprint density at radius 1 is 1.19 bits per heavy atom. The Morgan fingerprint density at radius 3 is 2.44 bits per heavy atom. The first-order valence-corrected chi connectivity index (χ1v) is 7.13. The van der Waals surface area contributed by atoms with Gasteiger partial charge in [-0.25, -0.2) is 0 Å². The average molecular weight is 225 g/mol. The zero-order valence-electron chi connectivity index (χ0n) is 11.3. The van der Waals surface area contributed by atoms with Crippen LogP contribution in [0.15, 0.2) is 0 Å². The predicted octanol–water partition coefficient (Wildman–Crippen LogP) is 2.11. The Morgan fingerprint density at radius 2 is 1.88 bits per heavy atom. The third kappa shape index (κ3) is 2.98. The summed E-state index contributed by atoms with van der Waals surface area (Å²) in [5.41, 5.74) is 0. The van der Waals surface area contributed by atoms with Crippen molar-refractivity contribution >= 4 is 0 Å². The second kappa shape index (κ2) is 5.05. The van der Waals surface area contributed by atoms with Gasteiger partial charge in [-0.05, 0) is 31.1 Å². The summed E-state index contributed by atoms with van der Waals surface area (Å²) in [5, 5.41) is 3.48. The fourth-order valence-corrected chi connectivity index (χ4v) is 3.63. The standard InChI is InChI=1S/C14H29N2/c1-12(2)14-5-4-13(10-14)11-16(3)8-6-15-7-9-16/h12-15H,4-11H2,1-3H3/q+1. The summed E-state index contributed by atoms with van der Waals surface area (Å²) in [5.74, 6) is 2.92. The number of piperazine rings is 1. The van der Waals surface area contributed by atoms with Crippen molar-refractivity contribution in [2.24, 2.45) is 17.8 Å². The topological polar surface area (TPSA) is 12.0 Å². The fourth-order valence-electron chi connectivity index (χ4n) is 3.63. The van der Waals surface area contributed by atoms with Crippen LogP contribution in [0, 0.1) is 17.8 Å². The maximum Gasteiger partial charge on any atom is 0.0911 e. The summed E-state index contributed by atoms with van der Waals surface area (Å²) in [6, 6.07) is 0. The summed E-state index contributed by atoms with van der Waals surface area (Å²) in [6.45, 7) is 11.3. The molecule has 2 atom stereocenters. The number of rotatable bonds is 3. The van der Waals surface area contributed by atoms with Crippen LogP contribution < -0.4 is 5.32 Å². The Balaban J connectivity index is 1.81. The minimum atomic E-state index is 0.901. The van der Waals surface area contributed by atoms with Gasteiger partial charge in [-0.3, -0.25) is 0 Å². The normalized spacial score (nSPS) is 34.5. The van der Waals surface area contributed by atoms with Crippen LogP contribution in [0.2, 0.25) is 0 Å². The summed E-state index contributed by atoms with van der Waals surface area (Å²) in [6.07, 6.45) is 4.48. The lowest BCUT2D eigenvalue weighted by Gasteiger charge is -2.40. The van der Waals surface area contributed by atoms with Gasteiger partial charge in [0.2, 0.25) is 0 Å². The fraction of sp³-hybridized carbons (Fsp3) is 1.00. The molecule has 0 amide bonds. The summed E-state index contributed by atoms with van der Waals surface area (Å²) in [4.78, 5) is 0. The van der Waals surface area contributed by atoms with E-state index in [1.54, 1.807) is 0 Å². The van der Waals surface area contributed by atoms with Crippen LogP contribution in [-0.4, -0.2) is 44.3 Å². The van der Waals surface area contributed by atoms with E-state index in [1.165, 1.54) is 56.5 Å². The average Bonchev–Trinajstić information content (AvgIpc) is 2.66. The van der Waals surface area contributed by atoms with Crippen molar-refractivity contribution in [1.82, 2.24) is 5.32 Å². The summed E-state index contributed by atoms with van der Waals surface area (Å²) >= 11 is 0. The number of nitrogens with one attached hydrogen (secondary N) is 1. The molecule has 2 heteroatoms. The smallest absolute Gasteiger partial charge is 0.0911 e. The van der Waals surface area contributed by atoms with Crippen molar-refractivity contribution in [2.45, 2.75) is 33.1 Å². The number of quaternary nitrogens is 1. The van der Waals surface area contributed by atoms with Crippen LogP contribution in [0.3, 0.4) is 0 Å². The first-order chi connectivity index (χ1) is 7.59. The molecule has 94 valence electrons. The van der Waals surface area contributed by atoms with E-state index < -0.39 is 0 Å². The van der Waals surface area contributed by atoms with Gasteiger partial charge in [-0.15, -0.1) is 0 Å². The SMILES string of the molecule is CC(C)C1CCC(C[N+]2(C)CCNCC2)C1. The maximum atomic E-state index is 3.48. The van der Waals surface area contributed by atoms with E-state index in [1.807, 2.05) is 0 Å². The molecule has 1 aliphatic heterocycles. The monoisotopic (exact) mass is 225 g/mol. The second-order valence-electron chi connectivity index (χ2n) is 6.68. The van der Waals surface area contributed by atoms with Gasteiger partial charge in [-0.2, -0.15) is 0 Å². The molecule has 2 fully saturated rings. The molecular weight excluding hydrogens is 196 g/mol. The zero-order valence-corrected chi connectivity index (χ0v) is 11.3. The molecule has 2 rings (SSSR count). The lowest BCUT2D eigenvalue weighted by molar-refractivity contribution is -0.914. The Labute approximate surface area is 101 Å². The number of nitrogens with zero attached hydrogens (tertiary/aromatic N) is 1. The molecule has 0 radical (unpaired) electrons. The van der Waals surface area contributed by atoms with Crippen molar-refractivity contribution in [1.29, 1.82) is 0 Å². The third-order valence-corrected chi connectivity index (χ3v) is 4.88. The predicted molar refractivity (Wildman–Crippen MR) is 69.3 cm³/mol. The van der Waals surface area contributed by atoms with Crippen LogP contribution in [0.1, 0.15) is 33.1 Å². The Bertz CT molecular complexity index is 219. The minimum Gasteiger partial charge on any atom is -0.324 e. The van der Waals surface area contributed by atoms with Gasteiger partial charge in [-0.1, -0.05) is 13.8 Å². The van der Waals surface area contributed by atoms with Gasteiger partial charge in [0.1, 0.15) is 0 Å². The van der Waals surface area contributed by atoms with Crippen LogP contribution in [0.5, 0.6) is 0 Å². The van der Waals surface area contributed by atoms with Crippen LogP contribution >= 0.6 is 0 Å². The maximum absolute atomic E-state index is 3.48. The minimum absolute atomic E-state index is 0.901. The molecule has 16 heavy (non-hydrogen) atoms. The summed E-state index contributed by atoms with van der Waals surface area (Å²) in [7, 11) is 2.46. The van der Waals surface area contributed by atoms with Gasteiger partial charge >= 0.3 is 0 Å². The van der Waals surface area contributed by atoms with E-state index in [2.05, 4.69) is 26.2 Å². The molecule has 1 saturated carbocycles. The molecule has 0 aromatic heterocycles. The molecular formula is C14H29N2+. The largest absolute Gasteiger partial charge is 0.324 e. The Hall–Kier alpha value is -0.0800. The van der Waals surface area contributed by atoms with E-state index in [4.69, 9.17) is 0 Å². The molecule has 0 spiro atoms. The van der Waals surface area contributed by atoms with Gasteiger partial charge in [0.15, 0.2) is 0 Å². The van der Waals surface area contributed by atoms with Gasteiger partial charge in [0, 0.05) is 19.0 Å². The zero-order chi connectivity index (χ0) is 11.6. The van der Waals surface area contributed by atoms with Gasteiger partial charge in [0.25, 0.3) is 0 Å². The second-order valence-corrected chi connectivity index (χ2v) is 6.68. The van der Waals surface area contributed by atoms with Crippen LogP contribution in [0.4, 0.5) is 0 Å². The first-order valence-electron chi connectivity index (χ1n) is 7.13. The first kappa shape index (κ1) is 12.4. The molecule has 0 aromatic rings. The molecule has 2 nitrogen and oxygen atoms in total. The lowest BCUT2D eigenvalue weighted by Crippen LogP contribution is -2.57. The van der Waals surface area contributed by atoms with E-state index in [0.717, 1.165) is 17.8 Å². The van der Waals surface area contributed by atoms with Crippen molar-refractivity contribution < 1.29 is 4.48 Å². The molecule has 2 aliphatic rings. The quantitative estimate of drug-likeness (QED) is 0.725. The van der Waals surface area contributed by atoms with Crippen molar-refractivity contribution in [3.05, 3.63) is 0 Å². The van der Waals surface area contributed by atoms with E-state index in [0.29, 0.717) is 0 Å². The lowest BCUT2D eigenvalue weighted by atomic mass is 9.93. The highest BCUT2D eigenvalue weighted by Gasteiger charge is 2.33. The highest BCUT2D eigenvalue weighted by Crippen LogP contribution is 2.36. The van der Waals surface area contributed by atoms with Gasteiger partial charge in [0.05, 0.1) is 26.7 Å². The third-order valence-electron chi connectivity index (χ3n) is 4.88. The summed E-state index contributed by atoms with van der Waals surface area (Å²) < 4.78 is 1.32. The number of hydrogen-bond donors (Lipinski definition) is 1. The Kier molecular flexibility index (Phi) is 3.91. The molecule has 0 bridgehead atoms. The highest BCUT2D eigenvalue weighted by atomic mass is 15.4. The molecule has 1 aliphatic carbocycles. The molecule has 0 aromatic carbocycles. The van der Waals surface area contributed by atoms with E-state index >= 15 is 0 Å². The van der Waals surface area contributed by atoms with Gasteiger partial charge < -0.3 is 9.80 Å². The van der Waals surface area contributed by atoms with Crippen LogP contribution in [-0.2, 0) is 0 Å². The van der Waals surface area contributed by atoms with Crippen molar-refractivity contribution in [2.75, 3.05) is 39.8 Å². The molecule has 1 heterocycles. The number of hydrogen-bond acceptors (Lipinski definition) is 1. The molecule has 1 saturated heterocycles. The molecule has 2 unspecified atom stereocenters. The van der Waals surface area contributed by atoms with Crippen molar-refractivity contribution in [3.63, 3.8) is 0 Å².